The molecule has 7 nitrogen and oxygen atoms in total. The van der Waals surface area contributed by atoms with Crippen molar-refractivity contribution in [1.29, 1.82) is 0 Å². The molecule has 2 amide bonds. The highest BCUT2D eigenvalue weighted by atomic mass is 32.1. The third kappa shape index (κ3) is 7.21. The molecule has 0 bridgehead atoms. The van der Waals surface area contributed by atoms with E-state index in [1.807, 2.05) is 24.3 Å². The summed E-state index contributed by atoms with van der Waals surface area (Å²) in [5, 5.41) is 8.36. The van der Waals surface area contributed by atoms with Crippen LogP contribution in [0, 0.1) is 11.8 Å². The predicted molar refractivity (Wildman–Crippen MR) is 138 cm³/mol. The van der Waals surface area contributed by atoms with Crippen LogP contribution in [0.3, 0.4) is 0 Å². The van der Waals surface area contributed by atoms with E-state index < -0.39 is 0 Å². The van der Waals surface area contributed by atoms with Gasteiger partial charge in [0.1, 0.15) is 0 Å². The van der Waals surface area contributed by atoms with Crippen LogP contribution in [-0.4, -0.2) is 56.1 Å². The summed E-state index contributed by atoms with van der Waals surface area (Å²) >= 11 is 1.72. The molecule has 0 spiro atoms. The van der Waals surface area contributed by atoms with Crippen molar-refractivity contribution in [3.63, 3.8) is 0 Å². The fourth-order valence-electron chi connectivity index (χ4n) is 4.69. The summed E-state index contributed by atoms with van der Waals surface area (Å²) in [6.45, 7) is 8.05. The molecule has 35 heavy (non-hydrogen) atoms. The first-order valence-corrected chi connectivity index (χ1v) is 13.6. The summed E-state index contributed by atoms with van der Waals surface area (Å²) in [7, 11) is 0. The monoisotopic (exact) mass is 499 g/mol. The summed E-state index contributed by atoms with van der Waals surface area (Å²) in [5.74, 6) is 1.92. The third-order valence-electron chi connectivity index (χ3n) is 6.69. The fraction of sp³-hybridized carbons (Fsp3) is 0.556. The first kappa shape index (κ1) is 25.5. The van der Waals surface area contributed by atoms with E-state index in [0.29, 0.717) is 26.3 Å². The number of hydrogen-bond acceptors (Lipinski definition) is 6. The topological polar surface area (TPSA) is 79.9 Å². The van der Waals surface area contributed by atoms with Crippen molar-refractivity contribution >= 4 is 23.2 Å². The van der Waals surface area contributed by atoms with Crippen LogP contribution in [0.5, 0.6) is 11.5 Å². The summed E-state index contributed by atoms with van der Waals surface area (Å²) in [4.78, 5) is 28.9. The van der Waals surface area contributed by atoms with Crippen LogP contribution < -0.4 is 20.1 Å². The van der Waals surface area contributed by atoms with Gasteiger partial charge in [0, 0.05) is 23.8 Å². The maximum atomic E-state index is 12.9. The minimum absolute atomic E-state index is 0.00895. The molecule has 2 aliphatic heterocycles. The van der Waals surface area contributed by atoms with E-state index in [9.17, 15) is 9.59 Å². The predicted octanol–water partition coefficient (Wildman–Crippen LogP) is 3.79. The molecule has 2 aliphatic rings. The molecular weight excluding hydrogens is 462 g/mol. The fourth-order valence-corrected chi connectivity index (χ4v) is 5.40. The molecule has 3 heterocycles. The number of ether oxygens (including phenoxy) is 2. The standard InChI is InChI=1S/C27H37N3O4S/c1-19(2)26(21-6-7-23-24(17-21)34-15-4-14-33-23)29-25(31)18-30-12-9-20(10-13-30)27(32)28-11-8-22-5-3-16-35-22/h3,5-7,16-17,19-20,26H,4,8-15,18H2,1-2H3,(H,28,32)(H,29,31). The van der Waals surface area contributed by atoms with Crippen molar-refractivity contribution in [2.45, 2.75) is 45.6 Å². The largest absolute Gasteiger partial charge is 0.490 e. The molecule has 0 aliphatic carbocycles. The number of likely N-dealkylation sites (tertiary alicyclic amines) is 1. The lowest BCUT2D eigenvalue weighted by Crippen LogP contribution is -2.45. The van der Waals surface area contributed by atoms with Gasteiger partial charge in [0.05, 0.1) is 25.8 Å². The van der Waals surface area contributed by atoms with Gasteiger partial charge in [-0.15, -0.1) is 11.3 Å². The number of fused-ring (bicyclic) bond motifs is 1. The Hall–Kier alpha value is -2.58. The maximum absolute atomic E-state index is 12.9. The maximum Gasteiger partial charge on any atom is 0.234 e. The van der Waals surface area contributed by atoms with Gasteiger partial charge in [0.2, 0.25) is 11.8 Å². The van der Waals surface area contributed by atoms with Crippen LogP contribution in [0.25, 0.3) is 0 Å². The second-order valence-corrected chi connectivity index (χ2v) is 10.7. The Morgan fingerprint density at radius 3 is 2.60 bits per heavy atom. The van der Waals surface area contributed by atoms with Crippen LogP contribution in [0.15, 0.2) is 35.7 Å². The van der Waals surface area contributed by atoms with Crippen LogP contribution >= 0.6 is 11.3 Å². The van der Waals surface area contributed by atoms with Crippen LogP contribution in [-0.2, 0) is 16.0 Å². The van der Waals surface area contributed by atoms with E-state index in [1.165, 1.54) is 4.88 Å². The number of carbonyl (C=O) groups excluding carboxylic acids is 2. The molecule has 0 saturated carbocycles. The minimum Gasteiger partial charge on any atom is -0.490 e. The lowest BCUT2D eigenvalue weighted by molar-refractivity contribution is -0.127. The van der Waals surface area contributed by atoms with Crippen molar-refractivity contribution in [2.75, 3.05) is 39.4 Å². The number of rotatable bonds is 9. The van der Waals surface area contributed by atoms with Gasteiger partial charge in [-0.3, -0.25) is 14.5 Å². The van der Waals surface area contributed by atoms with E-state index in [1.54, 1.807) is 11.3 Å². The quantitative estimate of drug-likeness (QED) is 0.549. The summed E-state index contributed by atoms with van der Waals surface area (Å²) in [6.07, 6.45) is 3.31. The number of carbonyl (C=O) groups is 2. The molecule has 190 valence electrons. The second kappa shape index (κ2) is 12.4. The zero-order valence-electron chi connectivity index (χ0n) is 20.8. The highest BCUT2D eigenvalue weighted by molar-refractivity contribution is 7.09. The van der Waals surface area contributed by atoms with E-state index >= 15 is 0 Å². The number of piperidine rings is 1. The van der Waals surface area contributed by atoms with E-state index in [4.69, 9.17) is 9.47 Å². The van der Waals surface area contributed by atoms with Gasteiger partial charge in [-0.1, -0.05) is 26.0 Å². The van der Waals surface area contributed by atoms with Crippen molar-refractivity contribution < 1.29 is 19.1 Å². The normalized spacial score (nSPS) is 17.6. The molecule has 8 heteroatoms. The smallest absolute Gasteiger partial charge is 0.234 e. The molecule has 1 unspecified atom stereocenters. The Labute approximate surface area is 212 Å². The van der Waals surface area contributed by atoms with Gasteiger partial charge in [-0.25, -0.2) is 0 Å². The van der Waals surface area contributed by atoms with Gasteiger partial charge < -0.3 is 20.1 Å². The van der Waals surface area contributed by atoms with Gasteiger partial charge in [-0.05, 0) is 67.4 Å². The molecule has 1 saturated heterocycles. The Morgan fingerprint density at radius 2 is 1.89 bits per heavy atom. The lowest BCUT2D eigenvalue weighted by Gasteiger charge is -2.31. The number of nitrogens with zero attached hydrogens (tertiary/aromatic N) is 1. The minimum atomic E-state index is -0.105. The number of hydrogen-bond donors (Lipinski definition) is 2. The SMILES string of the molecule is CC(C)C(NC(=O)CN1CCC(C(=O)NCCc2cccs2)CC1)c1ccc2c(c1)OCCCO2. The van der Waals surface area contributed by atoms with Gasteiger partial charge >= 0.3 is 0 Å². The average molecular weight is 500 g/mol. The zero-order chi connectivity index (χ0) is 24.6. The average Bonchev–Trinajstić information content (AvgIpc) is 3.26. The molecule has 1 aromatic heterocycles. The first-order valence-electron chi connectivity index (χ1n) is 12.7. The second-order valence-electron chi connectivity index (χ2n) is 9.72. The number of amides is 2. The third-order valence-corrected chi connectivity index (χ3v) is 7.63. The molecule has 1 fully saturated rings. The van der Waals surface area contributed by atoms with Gasteiger partial charge in [0.15, 0.2) is 11.5 Å². The summed E-state index contributed by atoms with van der Waals surface area (Å²) < 4.78 is 11.6. The Bertz CT molecular complexity index is 971. The van der Waals surface area contributed by atoms with Crippen molar-refractivity contribution in [3.05, 3.63) is 46.2 Å². The number of benzene rings is 1. The highest BCUT2D eigenvalue weighted by Gasteiger charge is 2.27. The summed E-state index contributed by atoms with van der Waals surface area (Å²) in [5.41, 5.74) is 1.02. The Balaban J connectivity index is 1.23. The van der Waals surface area contributed by atoms with Crippen LogP contribution in [0.1, 0.15) is 49.6 Å². The summed E-state index contributed by atoms with van der Waals surface area (Å²) in [6, 6.07) is 9.97. The first-order chi connectivity index (χ1) is 17.0. The van der Waals surface area contributed by atoms with Gasteiger partial charge in [-0.2, -0.15) is 0 Å². The molecule has 2 aromatic rings. The number of nitrogens with one attached hydrogen (secondary N) is 2. The lowest BCUT2D eigenvalue weighted by atomic mass is 9.95. The molecule has 0 radical (unpaired) electrons. The Kier molecular flexibility index (Phi) is 9.04. The highest BCUT2D eigenvalue weighted by Crippen LogP contribution is 2.34. The zero-order valence-corrected chi connectivity index (χ0v) is 21.6. The Morgan fingerprint density at radius 1 is 1.11 bits per heavy atom. The van der Waals surface area contributed by atoms with E-state index in [-0.39, 0.29) is 29.7 Å². The van der Waals surface area contributed by atoms with Gasteiger partial charge in [0.25, 0.3) is 0 Å². The van der Waals surface area contributed by atoms with E-state index in [2.05, 4.69) is 40.8 Å². The molecule has 2 N–H and O–H groups in total. The van der Waals surface area contributed by atoms with Crippen molar-refractivity contribution in [3.8, 4) is 11.5 Å². The number of thiophene rings is 1. The molecule has 1 aromatic carbocycles. The van der Waals surface area contributed by atoms with Crippen molar-refractivity contribution in [1.82, 2.24) is 15.5 Å². The van der Waals surface area contributed by atoms with Crippen LogP contribution in [0.4, 0.5) is 0 Å². The van der Waals surface area contributed by atoms with Crippen molar-refractivity contribution in [2.24, 2.45) is 11.8 Å². The van der Waals surface area contributed by atoms with Crippen LogP contribution in [0.2, 0.25) is 0 Å². The molecular formula is C27H37N3O4S. The molecule has 4 rings (SSSR count). The molecule has 1 atom stereocenters. The van der Waals surface area contributed by atoms with E-state index in [0.717, 1.165) is 55.8 Å².